The van der Waals surface area contributed by atoms with E-state index in [-0.39, 0.29) is 25.1 Å². The van der Waals surface area contributed by atoms with E-state index in [9.17, 15) is 4.79 Å². The molecule has 1 amide bonds. The largest absolute Gasteiger partial charge is 0.394 e. The van der Waals surface area contributed by atoms with Gasteiger partial charge in [0, 0.05) is 6.54 Å². The number of aromatic nitrogens is 4. The summed E-state index contributed by atoms with van der Waals surface area (Å²) in [6, 6.07) is -0.0334. The summed E-state index contributed by atoms with van der Waals surface area (Å²) in [6.07, 6.45) is 3.23. The molecule has 1 N–H and O–H groups in total. The summed E-state index contributed by atoms with van der Waals surface area (Å²) in [4.78, 5) is 13.5. The zero-order chi connectivity index (χ0) is 10.7. The van der Waals surface area contributed by atoms with Gasteiger partial charge in [0.25, 0.3) is 0 Å². The lowest BCUT2D eigenvalue weighted by molar-refractivity contribution is -0.133. The predicted octanol–water partition coefficient (Wildman–Crippen LogP) is -1.34. The quantitative estimate of drug-likeness (QED) is 0.668. The van der Waals surface area contributed by atoms with Crippen LogP contribution in [0.5, 0.6) is 0 Å². The van der Waals surface area contributed by atoms with Crippen LogP contribution in [0.4, 0.5) is 0 Å². The maximum absolute atomic E-state index is 11.8. The Bertz CT molecular complexity index is 326. The number of likely N-dealkylation sites (tertiary alicyclic amines) is 1. The molecule has 1 aliphatic heterocycles. The number of nitrogens with zero attached hydrogens (tertiary/aromatic N) is 5. The summed E-state index contributed by atoms with van der Waals surface area (Å²) in [7, 11) is 0. The maximum Gasteiger partial charge on any atom is 0.244 e. The summed E-state index contributed by atoms with van der Waals surface area (Å²) in [6.45, 7) is 0.886. The second-order valence-corrected chi connectivity index (χ2v) is 3.57. The minimum Gasteiger partial charge on any atom is -0.394 e. The van der Waals surface area contributed by atoms with Crippen LogP contribution in [-0.4, -0.2) is 55.3 Å². The van der Waals surface area contributed by atoms with Crippen molar-refractivity contribution in [2.75, 3.05) is 13.2 Å². The van der Waals surface area contributed by atoms with Gasteiger partial charge in [-0.05, 0) is 23.3 Å². The number of carbonyl (C=O) groups excluding carboxylic acids is 1. The molecule has 1 aromatic heterocycles. The van der Waals surface area contributed by atoms with E-state index in [1.807, 2.05) is 0 Å². The molecule has 0 aliphatic carbocycles. The van der Waals surface area contributed by atoms with Gasteiger partial charge in [0.05, 0.1) is 12.6 Å². The molecule has 1 atom stereocenters. The topological polar surface area (TPSA) is 84.1 Å². The van der Waals surface area contributed by atoms with Crippen LogP contribution in [0.25, 0.3) is 0 Å². The van der Waals surface area contributed by atoms with Crippen LogP contribution >= 0.6 is 0 Å². The van der Waals surface area contributed by atoms with Crippen molar-refractivity contribution in [3.8, 4) is 0 Å². The number of aliphatic hydroxyl groups is 1. The second kappa shape index (κ2) is 4.35. The molecular weight excluding hydrogens is 198 g/mol. The molecule has 0 radical (unpaired) electrons. The predicted molar refractivity (Wildman–Crippen MR) is 49.6 cm³/mol. The van der Waals surface area contributed by atoms with Crippen molar-refractivity contribution in [2.24, 2.45) is 0 Å². The molecule has 1 aromatic rings. The molecule has 82 valence electrons. The molecule has 1 saturated heterocycles. The molecule has 1 aliphatic rings. The fourth-order valence-electron chi connectivity index (χ4n) is 1.84. The number of aliphatic hydroxyl groups excluding tert-OH is 1. The smallest absolute Gasteiger partial charge is 0.244 e. The lowest BCUT2D eigenvalue weighted by atomic mass is 10.2. The molecule has 2 rings (SSSR count). The highest BCUT2D eigenvalue weighted by Crippen LogP contribution is 2.16. The van der Waals surface area contributed by atoms with Crippen molar-refractivity contribution < 1.29 is 9.90 Å². The third kappa shape index (κ3) is 2.12. The Morgan fingerprint density at radius 3 is 3.13 bits per heavy atom. The number of tetrazole rings is 1. The van der Waals surface area contributed by atoms with E-state index in [0.717, 1.165) is 12.8 Å². The average Bonchev–Trinajstić information content (AvgIpc) is 2.86. The number of rotatable bonds is 3. The molecule has 15 heavy (non-hydrogen) atoms. The van der Waals surface area contributed by atoms with Crippen molar-refractivity contribution in [2.45, 2.75) is 25.4 Å². The van der Waals surface area contributed by atoms with Crippen LogP contribution in [0.2, 0.25) is 0 Å². The van der Waals surface area contributed by atoms with Crippen molar-refractivity contribution in [3.63, 3.8) is 0 Å². The zero-order valence-corrected chi connectivity index (χ0v) is 8.28. The number of amides is 1. The summed E-state index contributed by atoms with van der Waals surface area (Å²) in [5.74, 6) is -0.0427. The number of carbonyl (C=O) groups is 1. The fourth-order valence-corrected chi connectivity index (χ4v) is 1.84. The molecule has 1 fully saturated rings. The highest BCUT2D eigenvalue weighted by molar-refractivity contribution is 5.76. The van der Waals surface area contributed by atoms with E-state index in [1.165, 1.54) is 11.0 Å². The van der Waals surface area contributed by atoms with Gasteiger partial charge in [-0.1, -0.05) is 0 Å². The normalized spacial score (nSPS) is 20.9. The van der Waals surface area contributed by atoms with Crippen LogP contribution in [0, 0.1) is 0 Å². The van der Waals surface area contributed by atoms with Gasteiger partial charge < -0.3 is 10.0 Å². The van der Waals surface area contributed by atoms with Gasteiger partial charge in [-0.2, -0.15) is 0 Å². The van der Waals surface area contributed by atoms with Crippen molar-refractivity contribution in [3.05, 3.63) is 6.33 Å². The van der Waals surface area contributed by atoms with Crippen molar-refractivity contribution in [1.29, 1.82) is 0 Å². The van der Waals surface area contributed by atoms with Crippen molar-refractivity contribution >= 4 is 5.91 Å². The van der Waals surface area contributed by atoms with Crippen LogP contribution in [0.1, 0.15) is 12.8 Å². The van der Waals surface area contributed by atoms with Crippen LogP contribution in [0.3, 0.4) is 0 Å². The highest BCUT2D eigenvalue weighted by atomic mass is 16.3. The summed E-state index contributed by atoms with van der Waals surface area (Å²) in [5, 5.41) is 19.6. The van der Waals surface area contributed by atoms with Crippen LogP contribution < -0.4 is 0 Å². The zero-order valence-electron chi connectivity index (χ0n) is 8.28. The highest BCUT2D eigenvalue weighted by Gasteiger charge is 2.27. The van der Waals surface area contributed by atoms with Gasteiger partial charge in [-0.3, -0.25) is 4.79 Å². The average molecular weight is 211 g/mol. The van der Waals surface area contributed by atoms with Gasteiger partial charge in [-0.25, -0.2) is 4.68 Å². The number of hydrogen-bond donors (Lipinski definition) is 1. The second-order valence-electron chi connectivity index (χ2n) is 3.57. The first-order chi connectivity index (χ1) is 7.31. The Labute approximate surface area is 86.7 Å². The fraction of sp³-hybridized carbons (Fsp3) is 0.750. The molecule has 0 spiro atoms. The molecule has 0 bridgehead atoms. The molecule has 0 saturated carbocycles. The Hall–Kier alpha value is -1.50. The maximum atomic E-state index is 11.8. The molecule has 0 aromatic carbocycles. The third-order valence-electron chi connectivity index (χ3n) is 2.60. The van der Waals surface area contributed by atoms with E-state index in [1.54, 1.807) is 4.90 Å². The van der Waals surface area contributed by atoms with Gasteiger partial charge >= 0.3 is 0 Å². The third-order valence-corrected chi connectivity index (χ3v) is 2.60. The van der Waals surface area contributed by atoms with E-state index in [0.29, 0.717) is 6.54 Å². The van der Waals surface area contributed by atoms with Gasteiger partial charge in [0.15, 0.2) is 0 Å². The lowest BCUT2D eigenvalue weighted by Crippen LogP contribution is -2.39. The van der Waals surface area contributed by atoms with E-state index < -0.39 is 0 Å². The van der Waals surface area contributed by atoms with Gasteiger partial charge in [0.1, 0.15) is 12.9 Å². The van der Waals surface area contributed by atoms with E-state index in [2.05, 4.69) is 15.5 Å². The molecule has 2 heterocycles. The van der Waals surface area contributed by atoms with Crippen molar-refractivity contribution in [1.82, 2.24) is 25.1 Å². The summed E-state index contributed by atoms with van der Waals surface area (Å²) < 4.78 is 1.38. The lowest BCUT2D eigenvalue weighted by Gasteiger charge is -2.22. The minimum absolute atomic E-state index is 0.0291. The first kappa shape index (κ1) is 10.0. The first-order valence-electron chi connectivity index (χ1n) is 4.92. The number of hydrogen-bond acceptors (Lipinski definition) is 5. The molecular formula is C8H13N5O2. The summed E-state index contributed by atoms with van der Waals surface area (Å²) >= 11 is 0. The minimum atomic E-state index is -0.0427. The standard InChI is InChI=1S/C8H13N5O2/c14-5-7-2-1-3-13(7)8(15)4-12-6-9-10-11-12/h6-7,14H,1-5H2/t7-/m1/s1. The molecule has 0 unspecified atom stereocenters. The van der Waals surface area contributed by atoms with Crippen LogP contribution in [0.15, 0.2) is 6.33 Å². The Morgan fingerprint density at radius 2 is 2.47 bits per heavy atom. The van der Waals surface area contributed by atoms with Gasteiger partial charge in [-0.15, -0.1) is 5.10 Å². The Kier molecular flexibility index (Phi) is 2.91. The molecule has 7 nitrogen and oxygen atoms in total. The SMILES string of the molecule is O=C(Cn1cnnn1)N1CCC[C@@H]1CO. The Balaban J connectivity index is 1.96. The van der Waals surface area contributed by atoms with E-state index in [4.69, 9.17) is 5.11 Å². The monoisotopic (exact) mass is 211 g/mol. The van der Waals surface area contributed by atoms with E-state index >= 15 is 0 Å². The Morgan fingerprint density at radius 1 is 1.60 bits per heavy atom. The van der Waals surface area contributed by atoms with Gasteiger partial charge in [0.2, 0.25) is 5.91 Å². The first-order valence-corrected chi connectivity index (χ1v) is 4.92. The molecule has 7 heteroatoms. The summed E-state index contributed by atoms with van der Waals surface area (Å²) in [5.41, 5.74) is 0. The van der Waals surface area contributed by atoms with Crippen LogP contribution in [-0.2, 0) is 11.3 Å².